The van der Waals surface area contributed by atoms with Crippen LogP contribution in [0.2, 0.25) is 0 Å². The van der Waals surface area contributed by atoms with Gasteiger partial charge in [-0.3, -0.25) is 10.1 Å². The number of amides is 1. The zero-order valence-electron chi connectivity index (χ0n) is 13.1. The van der Waals surface area contributed by atoms with E-state index in [-0.39, 0.29) is 11.0 Å². The summed E-state index contributed by atoms with van der Waals surface area (Å²) in [5.74, 6) is 0.383. The van der Waals surface area contributed by atoms with E-state index in [9.17, 15) is 4.79 Å². The Balaban J connectivity index is 2.05. The molecule has 0 heterocycles. The van der Waals surface area contributed by atoms with Crippen LogP contribution in [0.25, 0.3) is 0 Å². The Morgan fingerprint density at radius 2 is 1.91 bits per heavy atom. The number of nitrogens with one attached hydrogen (secondary N) is 2. The standard InChI is InChI=1S/C17H17BrN2O2S/c1-10-4-6-14(11(2)8-10)19-17(23)20-16(21)12-5-7-15(22-3)13(18)9-12/h4-9H,1-3H3,(H2,19,20,21,23). The van der Waals surface area contributed by atoms with Crippen LogP contribution in [-0.4, -0.2) is 18.1 Å². The molecule has 2 rings (SSSR count). The maximum absolute atomic E-state index is 12.2. The van der Waals surface area contributed by atoms with Crippen LogP contribution < -0.4 is 15.4 Å². The van der Waals surface area contributed by atoms with Crippen molar-refractivity contribution >= 4 is 44.9 Å². The molecule has 0 aliphatic carbocycles. The minimum atomic E-state index is -0.282. The first-order valence-electron chi connectivity index (χ1n) is 6.94. The molecule has 1 amide bonds. The molecule has 0 fully saturated rings. The Bertz CT molecular complexity index is 762. The molecule has 6 heteroatoms. The molecule has 0 aliphatic rings. The number of halogens is 1. The first-order chi connectivity index (χ1) is 10.9. The van der Waals surface area contributed by atoms with E-state index in [0.29, 0.717) is 15.8 Å². The van der Waals surface area contributed by atoms with Crippen LogP contribution in [0.15, 0.2) is 40.9 Å². The summed E-state index contributed by atoms with van der Waals surface area (Å²) in [4.78, 5) is 12.2. The lowest BCUT2D eigenvalue weighted by Crippen LogP contribution is -2.34. The molecule has 0 radical (unpaired) electrons. The number of ether oxygens (including phenoxy) is 1. The third-order valence-corrected chi connectivity index (χ3v) is 4.09. The number of hydrogen-bond acceptors (Lipinski definition) is 3. The maximum atomic E-state index is 12.2. The quantitative estimate of drug-likeness (QED) is 0.768. The summed E-state index contributed by atoms with van der Waals surface area (Å²) in [5, 5.41) is 5.97. The van der Waals surface area contributed by atoms with E-state index >= 15 is 0 Å². The van der Waals surface area contributed by atoms with Gasteiger partial charge >= 0.3 is 0 Å². The van der Waals surface area contributed by atoms with Crippen molar-refractivity contribution in [1.29, 1.82) is 0 Å². The summed E-state index contributed by atoms with van der Waals surface area (Å²) in [5.41, 5.74) is 3.60. The van der Waals surface area contributed by atoms with Gasteiger partial charge in [-0.15, -0.1) is 0 Å². The monoisotopic (exact) mass is 392 g/mol. The first-order valence-corrected chi connectivity index (χ1v) is 8.14. The fourth-order valence-electron chi connectivity index (χ4n) is 2.09. The summed E-state index contributed by atoms with van der Waals surface area (Å²) in [6.07, 6.45) is 0. The Morgan fingerprint density at radius 3 is 2.52 bits per heavy atom. The van der Waals surface area contributed by atoms with Crippen LogP contribution in [-0.2, 0) is 0 Å². The van der Waals surface area contributed by atoms with Gasteiger partial charge in [-0.1, -0.05) is 17.7 Å². The smallest absolute Gasteiger partial charge is 0.257 e. The van der Waals surface area contributed by atoms with Crippen molar-refractivity contribution in [2.24, 2.45) is 0 Å². The van der Waals surface area contributed by atoms with Gasteiger partial charge in [0.05, 0.1) is 11.6 Å². The van der Waals surface area contributed by atoms with E-state index < -0.39 is 0 Å². The molecule has 4 nitrogen and oxygen atoms in total. The molecule has 120 valence electrons. The Morgan fingerprint density at radius 1 is 1.17 bits per heavy atom. The molecule has 0 saturated carbocycles. The summed E-state index contributed by atoms with van der Waals surface area (Å²) in [6.45, 7) is 4.01. The van der Waals surface area contributed by atoms with E-state index in [2.05, 4.69) is 26.6 Å². The van der Waals surface area contributed by atoms with Crippen molar-refractivity contribution in [3.63, 3.8) is 0 Å². The molecule has 2 N–H and O–H groups in total. The van der Waals surface area contributed by atoms with Crippen LogP contribution in [0.5, 0.6) is 5.75 Å². The Kier molecular flexibility index (Phi) is 5.74. The van der Waals surface area contributed by atoms with Gasteiger partial charge in [0.25, 0.3) is 5.91 Å². The van der Waals surface area contributed by atoms with Gasteiger partial charge in [0.2, 0.25) is 0 Å². The number of methoxy groups -OCH3 is 1. The summed E-state index contributed by atoms with van der Waals surface area (Å²) in [7, 11) is 1.57. The fourth-order valence-corrected chi connectivity index (χ4v) is 2.83. The predicted octanol–water partition coefficient (Wildman–Crippen LogP) is 4.20. The lowest BCUT2D eigenvalue weighted by Gasteiger charge is -2.12. The zero-order chi connectivity index (χ0) is 17.0. The van der Waals surface area contributed by atoms with Gasteiger partial charge in [0.1, 0.15) is 5.75 Å². The number of anilines is 1. The van der Waals surface area contributed by atoms with E-state index in [0.717, 1.165) is 11.3 Å². The highest BCUT2D eigenvalue weighted by Crippen LogP contribution is 2.25. The average Bonchev–Trinajstić information content (AvgIpc) is 2.50. The number of thiocarbonyl (C=S) groups is 1. The lowest BCUT2D eigenvalue weighted by atomic mass is 10.1. The van der Waals surface area contributed by atoms with Gasteiger partial charge in [-0.25, -0.2) is 0 Å². The van der Waals surface area contributed by atoms with E-state index in [4.69, 9.17) is 17.0 Å². The molecule has 2 aromatic rings. The van der Waals surface area contributed by atoms with E-state index in [1.807, 2.05) is 32.0 Å². The molecule has 0 aromatic heterocycles. The summed E-state index contributed by atoms with van der Waals surface area (Å²) >= 11 is 8.57. The van der Waals surface area contributed by atoms with Crippen molar-refractivity contribution in [1.82, 2.24) is 5.32 Å². The minimum Gasteiger partial charge on any atom is -0.496 e. The van der Waals surface area contributed by atoms with Gasteiger partial charge in [-0.2, -0.15) is 0 Å². The average molecular weight is 393 g/mol. The molecule has 0 aliphatic heterocycles. The van der Waals surface area contributed by atoms with Crippen molar-refractivity contribution < 1.29 is 9.53 Å². The number of benzene rings is 2. The van der Waals surface area contributed by atoms with Crippen molar-refractivity contribution in [3.05, 3.63) is 57.6 Å². The largest absolute Gasteiger partial charge is 0.496 e. The molecule has 0 spiro atoms. The molecule has 23 heavy (non-hydrogen) atoms. The number of rotatable bonds is 3. The van der Waals surface area contributed by atoms with Gasteiger partial charge in [-0.05, 0) is 71.8 Å². The highest BCUT2D eigenvalue weighted by Gasteiger charge is 2.11. The molecular formula is C17H17BrN2O2S. The Hall–Kier alpha value is -1.92. The summed E-state index contributed by atoms with van der Waals surface area (Å²) < 4.78 is 5.86. The van der Waals surface area contributed by atoms with Crippen LogP contribution in [0.4, 0.5) is 5.69 Å². The van der Waals surface area contributed by atoms with E-state index in [1.165, 1.54) is 5.56 Å². The highest BCUT2D eigenvalue weighted by atomic mass is 79.9. The van der Waals surface area contributed by atoms with Gasteiger partial charge < -0.3 is 10.1 Å². The maximum Gasteiger partial charge on any atom is 0.257 e. The molecular weight excluding hydrogens is 376 g/mol. The van der Waals surface area contributed by atoms with Crippen molar-refractivity contribution in [2.45, 2.75) is 13.8 Å². The lowest BCUT2D eigenvalue weighted by molar-refractivity contribution is 0.0977. The van der Waals surface area contributed by atoms with Crippen molar-refractivity contribution in [3.8, 4) is 5.75 Å². The van der Waals surface area contributed by atoms with Gasteiger partial charge in [0.15, 0.2) is 5.11 Å². The second kappa shape index (κ2) is 7.57. The highest BCUT2D eigenvalue weighted by molar-refractivity contribution is 9.10. The molecule has 0 bridgehead atoms. The third kappa shape index (κ3) is 4.53. The third-order valence-electron chi connectivity index (χ3n) is 3.27. The van der Waals surface area contributed by atoms with Crippen LogP contribution in [0.3, 0.4) is 0 Å². The number of carbonyl (C=O) groups is 1. The molecule has 0 saturated heterocycles. The molecule has 0 atom stereocenters. The second-order valence-electron chi connectivity index (χ2n) is 5.08. The number of aryl methyl sites for hydroxylation is 2. The minimum absolute atomic E-state index is 0.258. The molecule has 2 aromatic carbocycles. The van der Waals surface area contributed by atoms with Gasteiger partial charge in [0, 0.05) is 11.3 Å². The van der Waals surface area contributed by atoms with E-state index in [1.54, 1.807) is 25.3 Å². The number of hydrogen-bond donors (Lipinski definition) is 2. The Labute approximate surface area is 149 Å². The number of carbonyl (C=O) groups excluding carboxylic acids is 1. The van der Waals surface area contributed by atoms with Crippen LogP contribution >= 0.6 is 28.1 Å². The van der Waals surface area contributed by atoms with Crippen LogP contribution in [0, 0.1) is 13.8 Å². The predicted molar refractivity (Wildman–Crippen MR) is 100 cm³/mol. The van der Waals surface area contributed by atoms with Crippen molar-refractivity contribution in [2.75, 3.05) is 12.4 Å². The SMILES string of the molecule is COc1ccc(C(=O)NC(=S)Nc2ccc(C)cc2C)cc1Br. The first kappa shape index (κ1) is 17.4. The summed E-state index contributed by atoms with van der Waals surface area (Å²) in [6, 6.07) is 11.1. The van der Waals surface area contributed by atoms with Crippen LogP contribution in [0.1, 0.15) is 21.5 Å². The topological polar surface area (TPSA) is 50.4 Å². The molecule has 0 unspecified atom stereocenters. The zero-order valence-corrected chi connectivity index (χ0v) is 15.5. The fraction of sp³-hybridized carbons (Fsp3) is 0.176. The second-order valence-corrected chi connectivity index (χ2v) is 6.34. The normalized spacial score (nSPS) is 10.1.